The zero-order valence-electron chi connectivity index (χ0n) is 15.8. The van der Waals surface area contributed by atoms with Crippen LogP contribution in [0.4, 0.5) is 10.5 Å². The predicted molar refractivity (Wildman–Crippen MR) is 101 cm³/mol. The lowest BCUT2D eigenvalue weighted by atomic mass is 10.1. The van der Waals surface area contributed by atoms with Gasteiger partial charge in [-0.3, -0.25) is 0 Å². The molecule has 2 aliphatic rings. The van der Waals surface area contributed by atoms with Crippen molar-refractivity contribution in [2.24, 2.45) is 5.92 Å². The van der Waals surface area contributed by atoms with Crippen LogP contribution >= 0.6 is 0 Å². The molecule has 2 aliphatic heterocycles. The van der Waals surface area contributed by atoms with Gasteiger partial charge in [0, 0.05) is 25.3 Å². The number of amides is 2. The van der Waals surface area contributed by atoms with E-state index in [1.807, 2.05) is 43.9 Å². The Morgan fingerprint density at radius 3 is 2.72 bits per heavy atom. The van der Waals surface area contributed by atoms with E-state index >= 15 is 0 Å². The van der Waals surface area contributed by atoms with Gasteiger partial charge in [-0.1, -0.05) is 0 Å². The van der Waals surface area contributed by atoms with E-state index in [0.717, 1.165) is 43.1 Å². The molecule has 2 heterocycles. The smallest absolute Gasteiger partial charge is 0.321 e. The maximum Gasteiger partial charge on any atom is 0.321 e. The van der Waals surface area contributed by atoms with E-state index in [4.69, 9.17) is 4.74 Å². The molecule has 0 aliphatic carbocycles. The Bertz CT molecular complexity index is 597. The zero-order chi connectivity index (χ0) is 17.8. The summed E-state index contributed by atoms with van der Waals surface area (Å²) in [6.45, 7) is 11.4. The third kappa shape index (κ3) is 4.88. The molecule has 1 atom stereocenters. The van der Waals surface area contributed by atoms with Crippen molar-refractivity contribution in [3.63, 3.8) is 0 Å². The molecule has 1 N–H and O–H groups in total. The number of hydrogen-bond acceptors (Lipinski definition) is 3. The first kappa shape index (κ1) is 18.1. The third-order valence-electron chi connectivity index (χ3n) is 5.10. The maximum absolute atomic E-state index is 12.6. The molecule has 2 fully saturated rings. The lowest BCUT2D eigenvalue weighted by Gasteiger charge is -2.21. The first-order valence-electron chi connectivity index (χ1n) is 9.57. The minimum absolute atomic E-state index is 0.0181. The molecule has 3 rings (SSSR count). The minimum Gasteiger partial charge on any atom is -0.491 e. The molecule has 0 spiro atoms. The van der Waals surface area contributed by atoms with Crippen molar-refractivity contribution in [2.75, 3.05) is 38.0 Å². The number of aryl methyl sites for hydroxylation is 1. The Balaban J connectivity index is 1.52. The average Bonchev–Trinajstić information content (AvgIpc) is 3.22. The molecule has 0 saturated carbocycles. The summed E-state index contributed by atoms with van der Waals surface area (Å²) >= 11 is 0. The van der Waals surface area contributed by atoms with Crippen LogP contribution in [0.3, 0.4) is 0 Å². The van der Waals surface area contributed by atoms with E-state index in [2.05, 4.69) is 10.2 Å². The van der Waals surface area contributed by atoms with Gasteiger partial charge in [-0.25, -0.2) is 4.79 Å². The molecule has 1 aromatic rings. The van der Waals surface area contributed by atoms with Crippen molar-refractivity contribution >= 4 is 11.7 Å². The fourth-order valence-corrected chi connectivity index (χ4v) is 3.81. The molecule has 5 heteroatoms. The fourth-order valence-electron chi connectivity index (χ4n) is 3.81. The summed E-state index contributed by atoms with van der Waals surface area (Å²) in [6, 6.07) is 5.85. The summed E-state index contributed by atoms with van der Waals surface area (Å²) in [5.74, 6) is 1.46. The van der Waals surface area contributed by atoms with Crippen LogP contribution in [0.15, 0.2) is 18.2 Å². The van der Waals surface area contributed by atoms with Gasteiger partial charge in [0.15, 0.2) is 0 Å². The standard InChI is InChI=1S/C20H31N3O2/c1-15(2)25-18-6-7-19(16(3)12-18)21-20(24)23-11-8-17(14-23)13-22-9-4-5-10-22/h6-7,12,15,17H,4-5,8-11,13-14H2,1-3H3,(H,21,24). The van der Waals surface area contributed by atoms with Crippen LogP contribution in [0.2, 0.25) is 0 Å². The largest absolute Gasteiger partial charge is 0.491 e. The van der Waals surface area contributed by atoms with Gasteiger partial charge in [-0.2, -0.15) is 0 Å². The molecule has 0 radical (unpaired) electrons. The van der Waals surface area contributed by atoms with Crippen molar-refractivity contribution in [1.29, 1.82) is 0 Å². The summed E-state index contributed by atoms with van der Waals surface area (Å²) in [5.41, 5.74) is 1.89. The highest BCUT2D eigenvalue weighted by atomic mass is 16.5. The van der Waals surface area contributed by atoms with Crippen LogP contribution in [-0.4, -0.2) is 54.7 Å². The maximum atomic E-state index is 12.6. The van der Waals surface area contributed by atoms with Crippen LogP contribution in [0.1, 0.15) is 38.7 Å². The van der Waals surface area contributed by atoms with Crippen LogP contribution in [0, 0.1) is 12.8 Å². The molecule has 5 nitrogen and oxygen atoms in total. The Kier molecular flexibility index (Phi) is 5.84. The lowest BCUT2D eigenvalue weighted by Crippen LogP contribution is -2.35. The van der Waals surface area contributed by atoms with Gasteiger partial charge < -0.3 is 19.9 Å². The molecule has 2 amide bonds. The van der Waals surface area contributed by atoms with E-state index in [-0.39, 0.29) is 12.1 Å². The van der Waals surface area contributed by atoms with Gasteiger partial charge in [0.2, 0.25) is 0 Å². The first-order valence-corrected chi connectivity index (χ1v) is 9.57. The number of benzene rings is 1. The highest BCUT2D eigenvalue weighted by molar-refractivity contribution is 5.90. The number of nitrogens with zero attached hydrogens (tertiary/aromatic N) is 2. The Morgan fingerprint density at radius 1 is 1.28 bits per heavy atom. The van der Waals surface area contributed by atoms with Gasteiger partial charge in [0.25, 0.3) is 0 Å². The van der Waals surface area contributed by atoms with E-state index in [9.17, 15) is 4.79 Å². The number of nitrogens with one attached hydrogen (secondary N) is 1. The van der Waals surface area contributed by atoms with Crippen molar-refractivity contribution in [2.45, 2.75) is 46.1 Å². The van der Waals surface area contributed by atoms with Crippen molar-refractivity contribution in [3.8, 4) is 5.75 Å². The lowest BCUT2D eigenvalue weighted by molar-refractivity contribution is 0.217. The van der Waals surface area contributed by atoms with E-state index in [0.29, 0.717) is 5.92 Å². The number of carbonyl (C=O) groups excluding carboxylic acids is 1. The van der Waals surface area contributed by atoms with Crippen LogP contribution < -0.4 is 10.1 Å². The van der Waals surface area contributed by atoms with Gasteiger partial charge in [-0.05, 0) is 82.8 Å². The monoisotopic (exact) mass is 345 g/mol. The van der Waals surface area contributed by atoms with Gasteiger partial charge in [-0.15, -0.1) is 0 Å². The topological polar surface area (TPSA) is 44.8 Å². The molecular weight excluding hydrogens is 314 g/mol. The Hall–Kier alpha value is -1.75. The van der Waals surface area contributed by atoms with Crippen LogP contribution in [0.5, 0.6) is 5.75 Å². The summed E-state index contributed by atoms with van der Waals surface area (Å²) in [4.78, 5) is 17.1. The fraction of sp³-hybridized carbons (Fsp3) is 0.650. The highest BCUT2D eigenvalue weighted by Crippen LogP contribution is 2.24. The Morgan fingerprint density at radius 2 is 2.04 bits per heavy atom. The molecule has 1 aromatic carbocycles. The quantitative estimate of drug-likeness (QED) is 0.884. The van der Waals surface area contributed by atoms with E-state index in [1.54, 1.807) is 0 Å². The molecule has 1 unspecified atom stereocenters. The zero-order valence-corrected chi connectivity index (χ0v) is 15.8. The second kappa shape index (κ2) is 8.09. The Labute approximate surface area is 151 Å². The summed E-state index contributed by atoms with van der Waals surface area (Å²) in [7, 11) is 0. The van der Waals surface area contributed by atoms with Crippen molar-refractivity contribution < 1.29 is 9.53 Å². The van der Waals surface area contributed by atoms with Crippen molar-refractivity contribution in [3.05, 3.63) is 23.8 Å². The highest BCUT2D eigenvalue weighted by Gasteiger charge is 2.28. The van der Waals surface area contributed by atoms with Gasteiger partial charge >= 0.3 is 6.03 Å². The van der Waals surface area contributed by atoms with Gasteiger partial charge in [0.1, 0.15) is 5.75 Å². The van der Waals surface area contributed by atoms with Crippen LogP contribution in [0.25, 0.3) is 0 Å². The molecular formula is C20H31N3O2. The number of urea groups is 1. The molecule has 0 aromatic heterocycles. The van der Waals surface area contributed by atoms with E-state index in [1.165, 1.54) is 25.9 Å². The SMILES string of the molecule is Cc1cc(OC(C)C)ccc1NC(=O)N1CCC(CN2CCCC2)C1. The molecule has 138 valence electrons. The van der Waals surface area contributed by atoms with Crippen molar-refractivity contribution in [1.82, 2.24) is 9.80 Å². The number of anilines is 1. The number of carbonyl (C=O) groups is 1. The van der Waals surface area contributed by atoms with E-state index < -0.39 is 0 Å². The van der Waals surface area contributed by atoms with Crippen LogP contribution in [-0.2, 0) is 0 Å². The number of rotatable bonds is 5. The molecule has 0 bridgehead atoms. The predicted octanol–water partition coefficient (Wildman–Crippen LogP) is 3.73. The number of hydrogen-bond donors (Lipinski definition) is 1. The normalized spacial score (nSPS) is 21.1. The summed E-state index contributed by atoms with van der Waals surface area (Å²) in [6.07, 6.45) is 3.92. The second-order valence-electron chi connectivity index (χ2n) is 7.68. The molecule has 2 saturated heterocycles. The number of ether oxygens (including phenoxy) is 1. The van der Waals surface area contributed by atoms with Gasteiger partial charge in [0.05, 0.1) is 6.10 Å². The number of likely N-dealkylation sites (tertiary alicyclic amines) is 2. The summed E-state index contributed by atoms with van der Waals surface area (Å²) < 4.78 is 5.70. The minimum atomic E-state index is 0.0181. The average molecular weight is 345 g/mol. The summed E-state index contributed by atoms with van der Waals surface area (Å²) in [5, 5.41) is 3.06. The third-order valence-corrected chi connectivity index (χ3v) is 5.10. The first-order chi connectivity index (χ1) is 12.0. The molecule has 25 heavy (non-hydrogen) atoms. The second-order valence-corrected chi connectivity index (χ2v) is 7.68.